The van der Waals surface area contributed by atoms with Crippen molar-refractivity contribution in [1.82, 2.24) is 14.8 Å². The van der Waals surface area contributed by atoms with Crippen LogP contribution in [-0.2, 0) is 17.8 Å². The van der Waals surface area contributed by atoms with E-state index in [2.05, 4.69) is 20.1 Å². The fourth-order valence-electron chi connectivity index (χ4n) is 2.70. The number of hydrogen-bond acceptors (Lipinski definition) is 5. The number of benzene rings is 1. The molecule has 0 radical (unpaired) electrons. The van der Waals surface area contributed by atoms with Gasteiger partial charge < -0.3 is 14.6 Å². The first-order valence-electron chi connectivity index (χ1n) is 8.21. The number of fused-ring (bicyclic) bond motifs is 1. The summed E-state index contributed by atoms with van der Waals surface area (Å²) in [6, 6.07) is 7.35. The van der Waals surface area contributed by atoms with Gasteiger partial charge in [-0.2, -0.15) is 0 Å². The molecule has 0 saturated heterocycles. The predicted octanol–water partition coefficient (Wildman–Crippen LogP) is 3.13. The van der Waals surface area contributed by atoms with Crippen LogP contribution in [0.4, 0.5) is 5.69 Å². The molecular weight excluding hydrogens is 324 g/mol. The van der Waals surface area contributed by atoms with Crippen LogP contribution in [0.2, 0.25) is 0 Å². The zero-order chi connectivity index (χ0) is 16.9. The molecule has 0 spiro atoms. The molecule has 2 heterocycles. The number of nitrogens with one attached hydrogen (secondary N) is 1. The quantitative estimate of drug-likeness (QED) is 0.843. The van der Waals surface area contributed by atoms with E-state index in [-0.39, 0.29) is 11.2 Å². The highest BCUT2D eigenvalue weighted by atomic mass is 32.2. The lowest BCUT2D eigenvalue weighted by Crippen LogP contribution is -2.23. The van der Waals surface area contributed by atoms with Gasteiger partial charge in [-0.05, 0) is 31.9 Å². The molecule has 1 aliphatic heterocycles. The Morgan fingerprint density at radius 3 is 3.04 bits per heavy atom. The van der Waals surface area contributed by atoms with Crippen molar-refractivity contribution in [2.24, 2.45) is 0 Å². The van der Waals surface area contributed by atoms with Crippen molar-refractivity contribution in [3.05, 3.63) is 30.1 Å². The number of anilines is 1. The molecular formula is C17H22N4O2S. The second kappa shape index (κ2) is 7.70. The maximum absolute atomic E-state index is 12.4. The van der Waals surface area contributed by atoms with Crippen LogP contribution >= 0.6 is 11.8 Å². The Kier molecular flexibility index (Phi) is 5.40. The highest BCUT2D eigenvalue weighted by Crippen LogP contribution is 2.26. The summed E-state index contributed by atoms with van der Waals surface area (Å²) in [6.45, 7) is 2.83. The Labute approximate surface area is 146 Å². The van der Waals surface area contributed by atoms with Crippen LogP contribution in [0.1, 0.15) is 32.0 Å². The number of hydrogen-bond donors (Lipinski definition) is 1. The van der Waals surface area contributed by atoms with E-state index >= 15 is 0 Å². The molecule has 7 heteroatoms. The van der Waals surface area contributed by atoms with Gasteiger partial charge >= 0.3 is 0 Å². The van der Waals surface area contributed by atoms with E-state index < -0.39 is 0 Å². The highest BCUT2D eigenvalue weighted by molar-refractivity contribution is 8.00. The summed E-state index contributed by atoms with van der Waals surface area (Å²) in [6.07, 6.45) is 4.50. The standard InChI is InChI=1S/C17H22N4O2S/c1-12(16(22)18-13-7-6-8-14(11-13)23-2)24-17-20-19-15-9-4-3-5-10-21(15)17/h6-8,11-12H,3-5,9-10H2,1-2H3,(H,18,22)/t12-/m1/s1. The number of carbonyl (C=O) groups excluding carboxylic acids is 1. The van der Waals surface area contributed by atoms with Gasteiger partial charge in [0, 0.05) is 24.7 Å². The lowest BCUT2D eigenvalue weighted by atomic mass is 10.2. The molecule has 0 aliphatic carbocycles. The largest absolute Gasteiger partial charge is 0.497 e. The molecule has 3 rings (SSSR count). The number of nitrogens with zero attached hydrogens (tertiary/aromatic N) is 3. The minimum atomic E-state index is -0.257. The third-order valence-corrected chi connectivity index (χ3v) is 5.14. The van der Waals surface area contributed by atoms with Gasteiger partial charge in [0.2, 0.25) is 5.91 Å². The summed E-state index contributed by atoms with van der Waals surface area (Å²) >= 11 is 1.46. The second-order valence-electron chi connectivity index (χ2n) is 5.84. The smallest absolute Gasteiger partial charge is 0.237 e. The molecule has 1 aliphatic rings. The van der Waals surface area contributed by atoms with Gasteiger partial charge in [0.1, 0.15) is 11.6 Å². The van der Waals surface area contributed by atoms with Gasteiger partial charge in [-0.3, -0.25) is 4.79 Å². The summed E-state index contributed by atoms with van der Waals surface area (Å²) in [5, 5.41) is 12.1. The van der Waals surface area contributed by atoms with E-state index in [1.54, 1.807) is 13.2 Å². The molecule has 1 aromatic heterocycles. The molecule has 0 fully saturated rings. The number of rotatable bonds is 5. The molecule has 0 saturated carbocycles. The Bertz CT molecular complexity index is 716. The molecule has 24 heavy (non-hydrogen) atoms. The van der Waals surface area contributed by atoms with Crippen molar-refractivity contribution in [3.8, 4) is 5.75 Å². The maximum atomic E-state index is 12.4. The van der Waals surface area contributed by atoms with E-state index in [9.17, 15) is 4.79 Å². The fourth-order valence-corrected chi connectivity index (χ4v) is 3.60. The number of methoxy groups -OCH3 is 1. The van der Waals surface area contributed by atoms with Crippen LogP contribution in [0.5, 0.6) is 5.75 Å². The number of carbonyl (C=O) groups is 1. The molecule has 128 valence electrons. The van der Waals surface area contributed by atoms with Crippen molar-refractivity contribution in [1.29, 1.82) is 0 Å². The summed E-state index contributed by atoms with van der Waals surface area (Å²) in [4.78, 5) is 12.4. The Balaban J connectivity index is 1.65. The Hall–Kier alpha value is -2.02. The topological polar surface area (TPSA) is 69.0 Å². The molecule has 1 aromatic carbocycles. The van der Waals surface area contributed by atoms with Gasteiger partial charge in [0.05, 0.1) is 12.4 Å². The molecule has 1 amide bonds. The first kappa shape index (κ1) is 16.8. The Morgan fingerprint density at radius 1 is 1.33 bits per heavy atom. The molecule has 6 nitrogen and oxygen atoms in total. The van der Waals surface area contributed by atoms with Crippen LogP contribution in [0.3, 0.4) is 0 Å². The summed E-state index contributed by atoms with van der Waals surface area (Å²) in [7, 11) is 1.61. The summed E-state index contributed by atoms with van der Waals surface area (Å²) < 4.78 is 7.34. The number of aryl methyl sites for hydroxylation is 1. The third kappa shape index (κ3) is 3.90. The number of thioether (sulfide) groups is 1. The lowest BCUT2D eigenvalue weighted by Gasteiger charge is -2.13. The van der Waals surface area contributed by atoms with E-state index in [0.29, 0.717) is 0 Å². The van der Waals surface area contributed by atoms with E-state index in [4.69, 9.17) is 4.74 Å². The minimum absolute atomic E-state index is 0.0563. The molecule has 0 unspecified atom stereocenters. The van der Waals surface area contributed by atoms with Crippen molar-refractivity contribution in [2.45, 2.75) is 49.6 Å². The number of amides is 1. The lowest BCUT2D eigenvalue weighted by molar-refractivity contribution is -0.115. The van der Waals surface area contributed by atoms with Crippen molar-refractivity contribution in [3.63, 3.8) is 0 Å². The monoisotopic (exact) mass is 346 g/mol. The first-order chi connectivity index (χ1) is 11.7. The van der Waals surface area contributed by atoms with Gasteiger partial charge in [0.25, 0.3) is 0 Å². The molecule has 0 bridgehead atoms. The summed E-state index contributed by atoms with van der Waals surface area (Å²) in [5.74, 6) is 1.70. The number of ether oxygens (including phenoxy) is 1. The van der Waals surface area contributed by atoms with E-state index in [0.717, 1.165) is 48.2 Å². The zero-order valence-corrected chi connectivity index (χ0v) is 14.8. The van der Waals surface area contributed by atoms with E-state index in [1.807, 2.05) is 25.1 Å². The van der Waals surface area contributed by atoms with Crippen molar-refractivity contribution in [2.75, 3.05) is 12.4 Å². The van der Waals surface area contributed by atoms with Crippen LogP contribution in [-0.4, -0.2) is 33.0 Å². The van der Waals surface area contributed by atoms with Gasteiger partial charge in [-0.25, -0.2) is 0 Å². The normalized spacial score (nSPS) is 15.2. The van der Waals surface area contributed by atoms with Crippen LogP contribution in [0.25, 0.3) is 0 Å². The average molecular weight is 346 g/mol. The highest BCUT2D eigenvalue weighted by Gasteiger charge is 2.21. The zero-order valence-electron chi connectivity index (χ0n) is 14.0. The van der Waals surface area contributed by atoms with Crippen molar-refractivity contribution >= 4 is 23.4 Å². The van der Waals surface area contributed by atoms with Crippen LogP contribution < -0.4 is 10.1 Å². The average Bonchev–Trinajstić information content (AvgIpc) is 2.82. The third-order valence-electron chi connectivity index (χ3n) is 4.06. The second-order valence-corrected chi connectivity index (χ2v) is 7.15. The number of aromatic nitrogens is 3. The molecule has 1 atom stereocenters. The van der Waals surface area contributed by atoms with Crippen LogP contribution in [0, 0.1) is 0 Å². The summed E-state index contributed by atoms with van der Waals surface area (Å²) in [5.41, 5.74) is 0.729. The minimum Gasteiger partial charge on any atom is -0.497 e. The molecule has 2 aromatic rings. The maximum Gasteiger partial charge on any atom is 0.237 e. The van der Waals surface area contributed by atoms with Crippen molar-refractivity contribution < 1.29 is 9.53 Å². The van der Waals surface area contributed by atoms with Gasteiger partial charge in [-0.15, -0.1) is 10.2 Å². The Morgan fingerprint density at radius 2 is 2.21 bits per heavy atom. The molecule has 1 N–H and O–H groups in total. The van der Waals surface area contributed by atoms with Gasteiger partial charge in [-0.1, -0.05) is 24.2 Å². The van der Waals surface area contributed by atoms with E-state index in [1.165, 1.54) is 18.2 Å². The van der Waals surface area contributed by atoms with Gasteiger partial charge in [0.15, 0.2) is 5.16 Å². The SMILES string of the molecule is COc1cccc(NC(=O)[C@@H](C)Sc2nnc3n2CCCCC3)c1. The predicted molar refractivity (Wildman–Crippen MR) is 94.5 cm³/mol. The fraction of sp³-hybridized carbons (Fsp3) is 0.471. The van der Waals surface area contributed by atoms with Crippen LogP contribution in [0.15, 0.2) is 29.4 Å². The first-order valence-corrected chi connectivity index (χ1v) is 9.09.